The molecule has 0 aromatic heterocycles. The molecule has 0 fully saturated rings. The standard InChI is InChI=1S/C16H14F3N3O2S/c1-9-6-13(14(22(23)24)7-10(9)2)21-15(25)20-12-5-3-4-11(8-12)16(17,18)19/h3-8H,1-2H3,(H2,20,21,25). The lowest BCUT2D eigenvalue weighted by Crippen LogP contribution is -2.20. The van der Waals surface area contributed by atoms with E-state index in [1.54, 1.807) is 19.9 Å². The van der Waals surface area contributed by atoms with Gasteiger partial charge in [-0.15, -0.1) is 0 Å². The van der Waals surface area contributed by atoms with E-state index in [1.165, 1.54) is 18.2 Å². The minimum atomic E-state index is -4.47. The highest BCUT2D eigenvalue weighted by atomic mass is 32.1. The minimum absolute atomic E-state index is 0.0503. The van der Waals surface area contributed by atoms with E-state index >= 15 is 0 Å². The van der Waals surface area contributed by atoms with Crippen LogP contribution in [-0.2, 0) is 6.18 Å². The second-order valence-corrected chi connectivity index (χ2v) is 5.78. The molecular formula is C16H14F3N3O2S. The van der Waals surface area contributed by atoms with Crippen molar-refractivity contribution in [2.45, 2.75) is 20.0 Å². The molecule has 2 aromatic rings. The number of anilines is 2. The van der Waals surface area contributed by atoms with Crippen molar-refractivity contribution < 1.29 is 18.1 Å². The maximum Gasteiger partial charge on any atom is 0.416 e. The third-order valence-electron chi connectivity index (χ3n) is 3.50. The third kappa shape index (κ3) is 4.66. The third-order valence-corrected chi connectivity index (χ3v) is 3.71. The van der Waals surface area contributed by atoms with Gasteiger partial charge in [0.1, 0.15) is 5.69 Å². The lowest BCUT2D eigenvalue weighted by Gasteiger charge is -2.14. The summed E-state index contributed by atoms with van der Waals surface area (Å²) in [5, 5.41) is 16.4. The van der Waals surface area contributed by atoms with E-state index in [0.29, 0.717) is 0 Å². The average molecular weight is 369 g/mol. The van der Waals surface area contributed by atoms with Crippen molar-refractivity contribution in [2.24, 2.45) is 0 Å². The van der Waals surface area contributed by atoms with Gasteiger partial charge in [-0.25, -0.2) is 0 Å². The summed E-state index contributed by atoms with van der Waals surface area (Å²) in [4.78, 5) is 10.6. The lowest BCUT2D eigenvalue weighted by molar-refractivity contribution is -0.384. The molecule has 0 spiro atoms. The zero-order valence-corrected chi connectivity index (χ0v) is 14.1. The van der Waals surface area contributed by atoms with Crippen molar-refractivity contribution in [3.63, 3.8) is 0 Å². The highest BCUT2D eigenvalue weighted by Crippen LogP contribution is 2.31. The van der Waals surface area contributed by atoms with Crippen molar-refractivity contribution in [2.75, 3.05) is 10.6 Å². The van der Waals surface area contributed by atoms with Crippen molar-refractivity contribution in [3.8, 4) is 0 Å². The molecule has 0 radical (unpaired) electrons. The monoisotopic (exact) mass is 369 g/mol. The smallest absolute Gasteiger partial charge is 0.332 e. The van der Waals surface area contributed by atoms with Crippen LogP contribution in [0.25, 0.3) is 0 Å². The number of hydrogen-bond acceptors (Lipinski definition) is 3. The summed E-state index contributed by atoms with van der Waals surface area (Å²) < 4.78 is 38.2. The van der Waals surface area contributed by atoms with Crippen LogP contribution in [0.15, 0.2) is 36.4 Å². The molecule has 0 unspecified atom stereocenters. The van der Waals surface area contributed by atoms with E-state index in [0.717, 1.165) is 23.3 Å². The van der Waals surface area contributed by atoms with E-state index < -0.39 is 16.7 Å². The zero-order chi connectivity index (χ0) is 18.8. The molecule has 5 nitrogen and oxygen atoms in total. The van der Waals surface area contributed by atoms with Crippen LogP contribution in [0, 0.1) is 24.0 Å². The van der Waals surface area contributed by atoms with Gasteiger partial charge < -0.3 is 10.6 Å². The van der Waals surface area contributed by atoms with Crippen LogP contribution >= 0.6 is 12.2 Å². The Labute approximate surface area is 147 Å². The van der Waals surface area contributed by atoms with Gasteiger partial charge in [0.2, 0.25) is 0 Å². The molecule has 0 aliphatic rings. The topological polar surface area (TPSA) is 67.2 Å². The Morgan fingerprint density at radius 2 is 1.76 bits per heavy atom. The average Bonchev–Trinajstić information content (AvgIpc) is 2.49. The predicted octanol–water partition coefficient (Wildman–Crippen LogP) is 5.04. The van der Waals surface area contributed by atoms with Crippen LogP contribution in [-0.4, -0.2) is 10.0 Å². The molecule has 0 bridgehead atoms. The molecule has 2 rings (SSSR count). The van der Waals surface area contributed by atoms with Crippen molar-refractivity contribution >= 4 is 34.4 Å². The van der Waals surface area contributed by atoms with Crippen molar-refractivity contribution in [1.29, 1.82) is 0 Å². The number of rotatable bonds is 3. The maximum absolute atomic E-state index is 12.7. The Morgan fingerprint density at radius 1 is 1.12 bits per heavy atom. The van der Waals surface area contributed by atoms with Crippen LogP contribution < -0.4 is 10.6 Å². The molecule has 0 amide bonds. The number of thiocarbonyl (C=S) groups is 1. The Kier molecular flexibility index (Phi) is 5.27. The van der Waals surface area contributed by atoms with Crippen LogP contribution in [0.5, 0.6) is 0 Å². The highest BCUT2D eigenvalue weighted by Gasteiger charge is 2.30. The Hall–Kier alpha value is -2.68. The van der Waals surface area contributed by atoms with Gasteiger partial charge in [-0.2, -0.15) is 13.2 Å². The van der Waals surface area contributed by atoms with E-state index in [2.05, 4.69) is 10.6 Å². The normalized spacial score (nSPS) is 11.1. The van der Waals surface area contributed by atoms with Crippen LogP contribution in [0.2, 0.25) is 0 Å². The number of benzene rings is 2. The van der Waals surface area contributed by atoms with Gasteiger partial charge in [-0.05, 0) is 61.5 Å². The molecule has 0 aliphatic carbocycles. The number of nitrogens with zero attached hydrogens (tertiary/aromatic N) is 1. The number of halogens is 3. The fourth-order valence-electron chi connectivity index (χ4n) is 2.11. The molecule has 0 saturated carbocycles. The van der Waals surface area contributed by atoms with E-state index in [9.17, 15) is 23.3 Å². The molecule has 25 heavy (non-hydrogen) atoms. The summed E-state index contributed by atoms with van der Waals surface area (Å²) in [6, 6.07) is 7.47. The van der Waals surface area contributed by atoms with Gasteiger partial charge in [0.05, 0.1) is 10.5 Å². The molecule has 0 atom stereocenters. The molecule has 0 saturated heterocycles. The fraction of sp³-hybridized carbons (Fsp3) is 0.188. The zero-order valence-electron chi connectivity index (χ0n) is 13.3. The second kappa shape index (κ2) is 7.06. The minimum Gasteiger partial charge on any atom is -0.332 e. The number of alkyl halides is 3. The van der Waals surface area contributed by atoms with Gasteiger partial charge in [0.15, 0.2) is 5.11 Å². The first-order valence-electron chi connectivity index (χ1n) is 7.09. The van der Waals surface area contributed by atoms with Crippen LogP contribution in [0.3, 0.4) is 0 Å². The molecule has 0 aliphatic heterocycles. The van der Waals surface area contributed by atoms with E-state index in [-0.39, 0.29) is 22.2 Å². The summed E-state index contributed by atoms with van der Waals surface area (Å²) in [5.41, 5.74) is 0.856. The summed E-state index contributed by atoms with van der Waals surface area (Å²) in [5.74, 6) is 0. The number of nitrogens with one attached hydrogen (secondary N) is 2. The predicted molar refractivity (Wildman–Crippen MR) is 93.9 cm³/mol. The molecule has 2 N–H and O–H groups in total. The summed E-state index contributed by atoms with van der Waals surface area (Å²) in [6.45, 7) is 3.53. The summed E-state index contributed by atoms with van der Waals surface area (Å²) >= 11 is 5.05. The first kappa shape index (κ1) is 18.7. The van der Waals surface area contributed by atoms with Gasteiger partial charge in [0, 0.05) is 11.8 Å². The lowest BCUT2D eigenvalue weighted by atomic mass is 10.1. The van der Waals surface area contributed by atoms with Gasteiger partial charge >= 0.3 is 6.18 Å². The van der Waals surface area contributed by atoms with Crippen LogP contribution in [0.4, 0.5) is 30.2 Å². The number of hydrogen-bond donors (Lipinski definition) is 2. The second-order valence-electron chi connectivity index (χ2n) is 5.37. The van der Waals surface area contributed by atoms with Gasteiger partial charge in [-0.3, -0.25) is 10.1 Å². The van der Waals surface area contributed by atoms with E-state index in [1.807, 2.05) is 0 Å². The summed E-state index contributed by atoms with van der Waals surface area (Å²) in [7, 11) is 0. The fourth-order valence-corrected chi connectivity index (χ4v) is 2.34. The SMILES string of the molecule is Cc1cc(NC(=S)Nc2cccc(C(F)(F)F)c2)c([N+](=O)[O-])cc1C. The summed E-state index contributed by atoms with van der Waals surface area (Å²) in [6.07, 6.45) is -4.47. The maximum atomic E-state index is 12.7. The van der Waals surface area contributed by atoms with Crippen molar-refractivity contribution in [3.05, 3.63) is 63.2 Å². The highest BCUT2D eigenvalue weighted by molar-refractivity contribution is 7.80. The quantitative estimate of drug-likeness (QED) is 0.451. The molecule has 9 heteroatoms. The number of aryl methyl sites for hydroxylation is 2. The molecular weight excluding hydrogens is 355 g/mol. The Morgan fingerprint density at radius 3 is 2.36 bits per heavy atom. The largest absolute Gasteiger partial charge is 0.416 e. The van der Waals surface area contributed by atoms with E-state index in [4.69, 9.17) is 12.2 Å². The van der Waals surface area contributed by atoms with Gasteiger partial charge in [0.25, 0.3) is 5.69 Å². The van der Waals surface area contributed by atoms with Crippen molar-refractivity contribution in [1.82, 2.24) is 0 Å². The van der Waals surface area contributed by atoms with Crippen LogP contribution in [0.1, 0.15) is 16.7 Å². The molecule has 132 valence electrons. The Bertz CT molecular complexity index is 838. The van der Waals surface area contributed by atoms with Gasteiger partial charge in [-0.1, -0.05) is 6.07 Å². The number of nitro benzene ring substituents is 1. The Balaban J connectivity index is 2.21. The molecule has 0 heterocycles. The molecule has 2 aromatic carbocycles. The number of nitro groups is 1. The first-order chi connectivity index (χ1) is 11.6. The first-order valence-corrected chi connectivity index (χ1v) is 7.49.